The van der Waals surface area contributed by atoms with Crippen LogP contribution in [0.4, 0.5) is 22.7 Å². The highest BCUT2D eigenvalue weighted by atomic mass is 15.4. The quantitative estimate of drug-likeness (QED) is 0.195. The minimum atomic E-state index is 0.107. The van der Waals surface area contributed by atoms with E-state index in [1.54, 1.807) is 0 Å². The van der Waals surface area contributed by atoms with Gasteiger partial charge in [-0.2, -0.15) is 0 Å². The fourth-order valence-corrected chi connectivity index (χ4v) is 8.71. The Balaban J connectivity index is 1.25. The van der Waals surface area contributed by atoms with Crippen LogP contribution in [-0.4, -0.2) is 34.4 Å². The summed E-state index contributed by atoms with van der Waals surface area (Å²) in [5, 5.41) is 0. The van der Waals surface area contributed by atoms with Gasteiger partial charge in [-0.25, -0.2) is 0 Å². The monoisotopic (exact) mass is 634 g/mol. The van der Waals surface area contributed by atoms with Gasteiger partial charge in [0.25, 0.3) is 0 Å². The predicted molar refractivity (Wildman–Crippen MR) is 208 cm³/mol. The van der Waals surface area contributed by atoms with E-state index in [1.807, 2.05) is 0 Å². The maximum absolute atomic E-state index is 2.47. The van der Waals surface area contributed by atoms with Crippen LogP contribution in [0.15, 0.2) is 72.8 Å². The van der Waals surface area contributed by atoms with Gasteiger partial charge in [0.15, 0.2) is 0 Å². The van der Waals surface area contributed by atoms with E-state index >= 15 is 0 Å². The summed E-state index contributed by atoms with van der Waals surface area (Å²) >= 11 is 0. The van der Waals surface area contributed by atoms with Gasteiger partial charge in [-0.05, 0) is 152 Å². The fraction of sp³-hybridized carbons (Fsp3) is 0.318. The second-order valence-electron chi connectivity index (χ2n) is 14.5. The van der Waals surface area contributed by atoms with Crippen molar-refractivity contribution in [2.75, 3.05) is 47.8 Å². The number of hydrogen-bond acceptors (Lipinski definition) is 4. The Morgan fingerprint density at radius 3 is 1.38 bits per heavy atom. The molecule has 48 heavy (non-hydrogen) atoms. The smallest absolute Gasteiger partial charge is 0.128 e. The molecule has 4 heteroatoms. The first-order valence-corrected chi connectivity index (χ1v) is 17.3. The van der Waals surface area contributed by atoms with E-state index in [-0.39, 0.29) is 6.17 Å². The van der Waals surface area contributed by atoms with Crippen molar-refractivity contribution in [1.82, 2.24) is 0 Å². The highest BCUT2D eigenvalue weighted by Crippen LogP contribution is 2.49. The lowest BCUT2D eigenvalue weighted by molar-refractivity contribution is 0.685. The number of nitrogens with zero attached hydrogens (tertiary/aromatic N) is 4. The second kappa shape index (κ2) is 11.5. The fourth-order valence-electron chi connectivity index (χ4n) is 8.71. The zero-order valence-corrected chi connectivity index (χ0v) is 30.9. The highest BCUT2D eigenvalue weighted by Gasteiger charge is 2.35. The third-order valence-electron chi connectivity index (χ3n) is 11.8. The number of hydrogen-bond donors (Lipinski definition) is 0. The van der Waals surface area contributed by atoms with Crippen LogP contribution in [0.2, 0.25) is 0 Å². The van der Waals surface area contributed by atoms with Crippen molar-refractivity contribution in [2.24, 2.45) is 0 Å². The molecule has 4 nitrogen and oxygen atoms in total. The van der Waals surface area contributed by atoms with Crippen LogP contribution in [0.3, 0.4) is 0 Å². The molecule has 0 radical (unpaired) electrons. The average molecular weight is 635 g/mol. The van der Waals surface area contributed by atoms with Crippen molar-refractivity contribution >= 4 is 22.7 Å². The first kappa shape index (κ1) is 31.9. The molecule has 0 fully saturated rings. The van der Waals surface area contributed by atoms with E-state index in [2.05, 4.69) is 176 Å². The van der Waals surface area contributed by atoms with Crippen LogP contribution in [0, 0.1) is 48.5 Å². The van der Waals surface area contributed by atoms with Crippen LogP contribution in [0.5, 0.6) is 0 Å². The lowest BCUT2D eigenvalue weighted by Crippen LogP contribution is -2.35. The van der Waals surface area contributed by atoms with E-state index in [9.17, 15) is 0 Å². The zero-order valence-electron chi connectivity index (χ0n) is 30.9. The summed E-state index contributed by atoms with van der Waals surface area (Å²) < 4.78 is 0. The second-order valence-corrected chi connectivity index (χ2v) is 14.5. The van der Waals surface area contributed by atoms with E-state index in [0.29, 0.717) is 6.17 Å². The third kappa shape index (κ3) is 4.71. The number of fused-ring (bicyclic) bond motifs is 2. The molecule has 0 saturated heterocycles. The molecule has 5 aromatic rings. The Kier molecular flexibility index (Phi) is 7.62. The summed E-state index contributed by atoms with van der Waals surface area (Å²) in [6, 6.07) is 27.9. The molecule has 2 atom stereocenters. The van der Waals surface area contributed by atoms with Crippen LogP contribution < -0.4 is 19.6 Å². The molecule has 7 rings (SSSR count). The number of anilines is 4. The molecule has 0 saturated carbocycles. The maximum Gasteiger partial charge on any atom is 0.128 e. The van der Waals surface area contributed by atoms with Gasteiger partial charge >= 0.3 is 0 Å². The average Bonchev–Trinajstić information content (AvgIpc) is 3.43. The molecular weight excluding hydrogens is 585 g/mol. The molecule has 2 aliphatic heterocycles. The Morgan fingerprint density at radius 1 is 0.396 bits per heavy atom. The Labute approximate surface area is 288 Å². The van der Waals surface area contributed by atoms with Gasteiger partial charge < -0.3 is 19.6 Å². The molecule has 0 aromatic heterocycles. The van der Waals surface area contributed by atoms with Crippen molar-refractivity contribution in [2.45, 2.75) is 67.7 Å². The van der Waals surface area contributed by atoms with Crippen LogP contribution in [0.25, 0.3) is 33.4 Å². The molecule has 0 spiro atoms. The number of aryl methyl sites for hydroxylation is 4. The predicted octanol–water partition coefficient (Wildman–Crippen LogP) is 10.7. The summed E-state index contributed by atoms with van der Waals surface area (Å²) in [4.78, 5) is 9.63. The van der Waals surface area contributed by atoms with Crippen LogP contribution >= 0.6 is 0 Å². The molecule has 0 N–H and O–H groups in total. The Bertz CT molecular complexity index is 2090. The maximum atomic E-state index is 2.47. The SMILES string of the molecule is Cc1cc(C)c(-c2ccc(-c3c(C)cc(C)c(C4N(C)c5ccc(-c6ccc7c(c6)N(C)[C@H](C)N7C)cc5N4C)c3C)cc2)c(C)c1C. The van der Waals surface area contributed by atoms with Crippen molar-refractivity contribution < 1.29 is 0 Å². The largest absolute Gasteiger partial charge is 0.353 e. The summed E-state index contributed by atoms with van der Waals surface area (Å²) in [7, 11) is 8.87. The van der Waals surface area contributed by atoms with E-state index in [1.165, 1.54) is 101 Å². The van der Waals surface area contributed by atoms with Crippen molar-refractivity contribution in [3.8, 4) is 33.4 Å². The minimum absolute atomic E-state index is 0.107. The number of rotatable bonds is 4. The van der Waals surface area contributed by atoms with Gasteiger partial charge in [0.05, 0.1) is 28.9 Å². The Hall–Kier alpha value is -4.70. The standard InChI is InChI=1S/C44H50N4/c1-25-21-26(2)41(30(6)29(25)5)33-13-15-34(16-14-33)42-27(3)22-28(4)43(31(42)7)44-47(11)38-20-18-36(24-40(38)48(44)12)35-17-19-37-39(23-35)46(10)32(8)45(37)9/h13-24,32,44H,1-12H3/t32-,44?/m1/s1. The summed E-state index contributed by atoms with van der Waals surface area (Å²) in [6.07, 6.45) is 0.459. The molecule has 0 bridgehead atoms. The molecule has 246 valence electrons. The van der Waals surface area contributed by atoms with E-state index in [0.717, 1.165) is 0 Å². The normalized spacial score (nSPS) is 17.0. The Morgan fingerprint density at radius 2 is 0.812 bits per heavy atom. The summed E-state index contributed by atoms with van der Waals surface area (Å²) in [5.41, 5.74) is 23.8. The van der Waals surface area contributed by atoms with Crippen LogP contribution in [0.1, 0.15) is 57.6 Å². The lowest BCUT2D eigenvalue weighted by atomic mass is 9.86. The highest BCUT2D eigenvalue weighted by molar-refractivity contribution is 5.88. The molecular formula is C44H50N4. The van der Waals surface area contributed by atoms with E-state index < -0.39 is 0 Å². The zero-order chi connectivity index (χ0) is 34.3. The molecule has 1 unspecified atom stereocenters. The van der Waals surface area contributed by atoms with E-state index in [4.69, 9.17) is 0 Å². The summed E-state index contributed by atoms with van der Waals surface area (Å²) in [6.45, 7) is 18.1. The molecule has 0 amide bonds. The van der Waals surface area contributed by atoms with Gasteiger partial charge in [-0.3, -0.25) is 0 Å². The van der Waals surface area contributed by atoms with Crippen LogP contribution in [-0.2, 0) is 0 Å². The minimum Gasteiger partial charge on any atom is -0.353 e. The van der Waals surface area contributed by atoms with Gasteiger partial charge in [0.2, 0.25) is 0 Å². The lowest BCUT2D eigenvalue weighted by Gasteiger charge is -2.32. The van der Waals surface area contributed by atoms with Crippen molar-refractivity contribution in [3.63, 3.8) is 0 Å². The first-order chi connectivity index (χ1) is 22.8. The van der Waals surface area contributed by atoms with Crippen molar-refractivity contribution in [3.05, 3.63) is 117 Å². The third-order valence-corrected chi connectivity index (χ3v) is 11.8. The molecule has 2 heterocycles. The van der Waals surface area contributed by atoms with Gasteiger partial charge in [-0.15, -0.1) is 0 Å². The van der Waals surface area contributed by atoms with Gasteiger partial charge in [-0.1, -0.05) is 48.5 Å². The molecule has 0 aliphatic carbocycles. The van der Waals surface area contributed by atoms with Gasteiger partial charge in [0, 0.05) is 33.8 Å². The first-order valence-electron chi connectivity index (χ1n) is 17.3. The topological polar surface area (TPSA) is 13.0 Å². The van der Waals surface area contributed by atoms with Crippen molar-refractivity contribution in [1.29, 1.82) is 0 Å². The molecule has 5 aromatic carbocycles. The molecule has 2 aliphatic rings. The van der Waals surface area contributed by atoms with Gasteiger partial charge in [0.1, 0.15) is 6.17 Å². The summed E-state index contributed by atoms with van der Waals surface area (Å²) in [5.74, 6) is 0. The number of benzene rings is 5.